The lowest BCUT2D eigenvalue weighted by molar-refractivity contribution is -0.119. The maximum atomic E-state index is 10.7. The summed E-state index contributed by atoms with van der Waals surface area (Å²) in [5.74, 6) is 0.538. The van der Waals surface area contributed by atoms with Gasteiger partial charge in [0.05, 0.1) is 10.2 Å². The molecular weight excluding hydrogens is 460 g/mol. The number of anilines is 1. The highest BCUT2D eigenvalue weighted by Gasteiger charge is 2.06. The number of aryl methyl sites for hydroxylation is 1. The number of nitrogens with one attached hydrogen (secondary N) is 1. The number of carbonyl (C=O) groups excluding carboxylic acids is 2. The highest BCUT2D eigenvalue weighted by Crippen LogP contribution is 2.31. The van der Waals surface area contributed by atoms with E-state index in [2.05, 4.69) is 49.3 Å². The van der Waals surface area contributed by atoms with Crippen molar-refractivity contribution in [1.29, 1.82) is 0 Å². The normalized spacial score (nSPS) is 10.4. The molecule has 8 heteroatoms. The van der Waals surface area contributed by atoms with E-state index in [1.807, 2.05) is 38.1 Å². The number of amides is 2. The van der Waals surface area contributed by atoms with E-state index >= 15 is 0 Å². The number of carbonyl (C=O) groups is 2. The largest absolute Gasteiger partial charge is 0.396 e. The van der Waals surface area contributed by atoms with Crippen molar-refractivity contribution in [2.24, 2.45) is 23.3 Å². The molecule has 0 saturated heterocycles. The molecule has 1 heterocycles. The quantitative estimate of drug-likeness (QED) is 0.324. The SMILES string of the molecule is CC(C)CC(N)=O.CC(C)CCO.Cc1ccc2nc(-c3ccc(NCCC(N)=O)cc3)sc2c1. The average Bonchev–Trinajstić information content (AvgIpc) is 3.17. The summed E-state index contributed by atoms with van der Waals surface area (Å²) in [6.07, 6.45) is 1.76. The number of hydrogen-bond donors (Lipinski definition) is 4. The number of aliphatic hydroxyl groups excluding tert-OH is 1. The molecule has 35 heavy (non-hydrogen) atoms. The Morgan fingerprint density at radius 3 is 2.11 bits per heavy atom. The minimum atomic E-state index is -0.297. The summed E-state index contributed by atoms with van der Waals surface area (Å²) >= 11 is 1.70. The molecule has 3 aromatic rings. The van der Waals surface area contributed by atoms with Gasteiger partial charge in [-0.25, -0.2) is 4.98 Å². The summed E-state index contributed by atoms with van der Waals surface area (Å²) in [4.78, 5) is 25.4. The minimum absolute atomic E-state index is 0.213. The standard InChI is InChI=1S/C17H17N3OS.C5H11NO.C5H12O/c1-11-2-7-14-15(10-11)22-17(20-14)12-3-5-13(6-4-12)19-9-8-16(18)21;1-4(2)3-5(6)7;1-5(2)3-4-6/h2-7,10,19H,8-9H2,1H3,(H2,18,21);4H,3H2,1-2H3,(H2,6,7);5-6H,3-4H2,1-2H3. The molecule has 2 aromatic carbocycles. The van der Waals surface area contributed by atoms with Gasteiger partial charge in [0.2, 0.25) is 11.8 Å². The fourth-order valence-electron chi connectivity index (χ4n) is 2.88. The van der Waals surface area contributed by atoms with Crippen LogP contribution in [0.2, 0.25) is 0 Å². The number of nitrogens with two attached hydrogens (primary N) is 2. The lowest BCUT2D eigenvalue weighted by atomic mass is 10.1. The number of benzene rings is 2. The maximum absolute atomic E-state index is 10.7. The molecule has 0 radical (unpaired) electrons. The molecule has 0 unspecified atom stereocenters. The zero-order valence-corrected chi connectivity index (χ0v) is 22.3. The van der Waals surface area contributed by atoms with Crippen LogP contribution < -0.4 is 16.8 Å². The molecular formula is C27H40N4O3S. The predicted molar refractivity (Wildman–Crippen MR) is 147 cm³/mol. The number of hydrogen-bond acceptors (Lipinski definition) is 6. The molecule has 0 aliphatic rings. The Balaban J connectivity index is 0.000000391. The predicted octanol–water partition coefficient (Wildman–Crippen LogP) is 5.10. The van der Waals surface area contributed by atoms with Crippen molar-refractivity contribution in [1.82, 2.24) is 4.98 Å². The average molecular weight is 501 g/mol. The van der Waals surface area contributed by atoms with Crippen LogP contribution in [0.1, 0.15) is 52.5 Å². The van der Waals surface area contributed by atoms with Crippen LogP contribution >= 0.6 is 11.3 Å². The molecule has 0 aliphatic heterocycles. The summed E-state index contributed by atoms with van der Waals surface area (Å²) in [5, 5.41) is 12.4. The van der Waals surface area contributed by atoms with Crippen molar-refractivity contribution in [2.75, 3.05) is 18.5 Å². The van der Waals surface area contributed by atoms with E-state index in [0.717, 1.165) is 28.2 Å². The van der Waals surface area contributed by atoms with E-state index in [4.69, 9.17) is 16.6 Å². The van der Waals surface area contributed by atoms with E-state index in [0.29, 0.717) is 37.8 Å². The van der Waals surface area contributed by atoms with Gasteiger partial charge in [0.1, 0.15) is 5.01 Å². The number of thiazole rings is 1. The summed E-state index contributed by atoms with van der Waals surface area (Å²) in [6, 6.07) is 14.4. The van der Waals surface area contributed by atoms with Crippen LogP contribution in [0.5, 0.6) is 0 Å². The molecule has 1 aromatic heterocycles. The van der Waals surface area contributed by atoms with Crippen LogP contribution in [-0.4, -0.2) is 35.1 Å². The van der Waals surface area contributed by atoms with E-state index < -0.39 is 0 Å². The van der Waals surface area contributed by atoms with E-state index in [9.17, 15) is 9.59 Å². The molecule has 0 fully saturated rings. The molecule has 192 valence electrons. The molecule has 7 nitrogen and oxygen atoms in total. The van der Waals surface area contributed by atoms with E-state index in [-0.39, 0.29) is 11.8 Å². The molecule has 3 rings (SSSR count). The number of nitrogens with zero attached hydrogens (tertiary/aromatic N) is 1. The fourth-order valence-corrected chi connectivity index (χ4v) is 3.95. The summed E-state index contributed by atoms with van der Waals surface area (Å²) in [5.41, 5.74) is 14.3. The Bertz CT molecular complexity index is 1050. The van der Waals surface area contributed by atoms with Crippen molar-refractivity contribution in [3.63, 3.8) is 0 Å². The summed E-state index contributed by atoms with van der Waals surface area (Å²) in [6.45, 7) is 11.1. The van der Waals surface area contributed by atoms with Gasteiger partial charge in [-0.2, -0.15) is 0 Å². The van der Waals surface area contributed by atoms with Gasteiger partial charge in [-0.3, -0.25) is 9.59 Å². The molecule has 0 aliphatic carbocycles. The van der Waals surface area contributed by atoms with Crippen molar-refractivity contribution in [2.45, 2.75) is 53.9 Å². The van der Waals surface area contributed by atoms with Crippen LogP contribution in [0.15, 0.2) is 42.5 Å². The van der Waals surface area contributed by atoms with Crippen molar-refractivity contribution in [3.8, 4) is 10.6 Å². The van der Waals surface area contributed by atoms with Crippen molar-refractivity contribution >= 4 is 39.1 Å². The Labute approximate surface area is 212 Å². The molecule has 0 spiro atoms. The van der Waals surface area contributed by atoms with Gasteiger partial charge in [-0.15, -0.1) is 11.3 Å². The third kappa shape index (κ3) is 12.9. The van der Waals surface area contributed by atoms with Gasteiger partial charge in [0, 0.05) is 37.2 Å². The van der Waals surface area contributed by atoms with Crippen molar-refractivity contribution in [3.05, 3.63) is 48.0 Å². The highest BCUT2D eigenvalue weighted by atomic mass is 32.1. The van der Waals surface area contributed by atoms with Crippen LogP contribution in [-0.2, 0) is 9.59 Å². The van der Waals surface area contributed by atoms with Gasteiger partial charge in [-0.1, -0.05) is 33.8 Å². The van der Waals surface area contributed by atoms with Gasteiger partial charge in [0.15, 0.2) is 0 Å². The Morgan fingerprint density at radius 2 is 1.66 bits per heavy atom. The Hall–Kier alpha value is -2.97. The number of rotatable bonds is 9. The lowest BCUT2D eigenvalue weighted by Gasteiger charge is -2.05. The third-order valence-corrected chi connectivity index (χ3v) is 5.76. The Morgan fingerprint density at radius 1 is 1.00 bits per heavy atom. The van der Waals surface area contributed by atoms with Crippen LogP contribution in [0, 0.1) is 18.8 Å². The molecule has 6 N–H and O–H groups in total. The van der Waals surface area contributed by atoms with E-state index in [1.165, 1.54) is 10.3 Å². The third-order valence-electron chi connectivity index (χ3n) is 4.69. The van der Waals surface area contributed by atoms with Crippen LogP contribution in [0.3, 0.4) is 0 Å². The molecule has 0 saturated carbocycles. The second-order valence-electron chi connectivity index (χ2n) is 9.18. The van der Waals surface area contributed by atoms with Gasteiger partial charge in [-0.05, 0) is 67.1 Å². The van der Waals surface area contributed by atoms with Crippen molar-refractivity contribution < 1.29 is 14.7 Å². The fraction of sp³-hybridized carbons (Fsp3) is 0.444. The second kappa shape index (κ2) is 15.8. The highest BCUT2D eigenvalue weighted by molar-refractivity contribution is 7.21. The number of primary amides is 2. The number of aromatic nitrogens is 1. The zero-order valence-electron chi connectivity index (χ0n) is 21.5. The molecule has 2 amide bonds. The van der Waals surface area contributed by atoms with E-state index in [1.54, 1.807) is 11.3 Å². The molecule has 0 atom stereocenters. The van der Waals surface area contributed by atoms with Gasteiger partial charge >= 0.3 is 0 Å². The smallest absolute Gasteiger partial charge is 0.219 e. The summed E-state index contributed by atoms with van der Waals surface area (Å²) < 4.78 is 1.21. The van der Waals surface area contributed by atoms with Gasteiger partial charge in [0.25, 0.3) is 0 Å². The lowest BCUT2D eigenvalue weighted by Crippen LogP contribution is -2.15. The monoisotopic (exact) mass is 500 g/mol. The zero-order chi connectivity index (χ0) is 26.4. The van der Waals surface area contributed by atoms with Gasteiger partial charge < -0.3 is 21.9 Å². The van der Waals surface area contributed by atoms with Crippen LogP contribution in [0.25, 0.3) is 20.8 Å². The first-order chi connectivity index (χ1) is 16.5. The number of fused-ring (bicyclic) bond motifs is 1. The number of aliphatic hydroxyl groups is 1. The maximum Gasteiger partial charge on any atom is 0.219 e. The second-order valence-corrected chi connectivity index (χ2v) is 10.2. The summed E-state index contributed by atoms with van der Waals surface area (Å²) in [7, 11) is 0. The topological polar surface area (TPSA) is 131 Å². The minimum Gasteiger partial charge on any atom is -0.396 e. The first kappa shape index (κ1) is 30.1. The first-order valence-corrected chi connectivity index (χ1v) is 12.7. The first-order valence-electron chi connectivity index (χ1n) is 11.9. The Kier molecular flexibility index (Phi) is 13.6. The van der Waals surface area contributed by atoms with Crippen LogP contribution in [0.4, 0.5) is 5.69 Å². The molecule has 0 bridgehead atoms.